The van der Waals surface area contributed by atoms with Gasteiger partial charge in [0.1, 0.15) is 5.52 Å². The number of rotatable bonds is 5. The quantitative estimate of drug-likeness (QED) is 0.795. The van der Waals surface area contributed by atoms with E-state index < -0.39 is 5.97 Å². The number of amides is 1. The Morgan fingerprint density at radius 1 is 1.39 bits per heavy atom. The Morgan fingerprint density at radius 2 is 2.17 bits per heavy atom. The Bertz CT molecular complexity index is 605. The van der Waals surface area contributed by atoms with Crippen molar-refractivity contribution in [2.24, 2.45) is 5.73 Å². The molecule has 1 aromatic carbocycles. The lowest BCUT2D eigenvalue weighted by atomic mass is 10.2. The highest BCUT2D eigenvalue weighted by Crippen LogP contribution is 2.14. The summed E-state index contributed by atoms with van der Waals surface area (Å²) < 4.78 is 1.57. The van der Waals surface area contributed by atoms with Gasteiger partial charge in [-0.1, -0.05) is 5.21 Å². The van der Waals surface area contributed by atoms with E-state index in [0.717, 1.165) is 0 Å². The molecule has 0 fully saturated rings. The van der Waals surface area contributed by atoms with Crippen molar-refractivity contribution >= 4 is 22.9 Å². The smallest absolute Gasteiger partial charge is 0.335 e. The molecular weight excluding hydrogens is 236 g/mol. The van der Waals surface area contributed by atoms with Crippen LogP contribution in [0.25, 0.3) is 11.0 Å². The van der Waals surface area contributed by atoms with Crippen molar-refractivity contribution in [3.05, 3.63) is 23.8 Å². The molecule has 0 saturated heterocycles. The van der Waals surface area contributed by atoms with Gasteiger partial charge in [0.25, 0.3) is 0 Å². The molecule has 0 aliphatic rings. The van der Waals surface area contributed by atoms with Gasteiger partial charge in [0.05, 0.1) is 11.1 Å². The van der Waals surface area contributed by atoms with Gasteiger partial charge >= 0.3 is 5.97 Å². The zero-order chi connectivity index (χ0) is 13.1. The lowest BCUT2D eigenvalue weighted by molar-refractivity contribution is -0.118. The molecule has 0 atom stereocenters. The van der Waals surface area contributed by atoms with Gasteiger partial charge in [0.2, 0.25) is 5.91 Å². The number of hydrogen-bond acceptors (Lipinski definition) is 4. The summed E-state index contributed by atoms with van der Waals surface area (Å²) in [5.74, 6) is -1.37. The summed E-state index contributed by atoms with van der Waals surface area (Å²) in [7, 11) is 0. The fraction of sp³-hybridized carbons (Fsp3) is 0.273. The molecule has 0 aliphatic carbocycles. The highest BCUT2D eigenvalue weighted by Gasteiger charge is 2.09. The van der Waals surface area contributed by atoms with E-state index in [-0.39, 0.29) is 17.9 Å². The van der Waals surface area contributed by atoms with E-state index in [4.69, 9.17) is 10.8 Å². The van der Waals surface area contributed by atoms with Crippen molar-refractivity contribution in [1.82, 2.24) is 15.0 Å². The van der Waals surface area contributed by atoms with Gasteiger partial charge in [-0.15, -0.1) is 5.10 Å². The molecule has 1 amide bonds. The molecule has 1 aromatic heterocycles. The first-order valence-corrected chi connectivity index (χ1v) is 5.43. The van der Waals surface area contributed by atoms with Gasteiger partial charge in [-0.2, -0.15) is 0 Å². The lowest BCUT2D eigenvalue weighted by Crippen LogP contribution is -2.12. The van der Waals surface area contributed by atoms with E-state index in [1.807, 2.05) is 0 Å². The fourth-order valence-corrected chi connectivity index (χ4v) is 1.67. The van der Waals surface area contributed by atoms with Crippen molar-refractivity contribution in [3.8, 4) is 0 Å². The first kappa shape index (κ1) is 12.0. The number of fused-ring (bicyclic) bond motifs is 1. The average Bonchev–Trinajstić information content (AvgIpc) is 2.71. The Labute approximate surface area is 102 Å². The third-order valence-corrected chi connectivity index (χ3v) is 2.55. The first-order valence-electron chi connectivity index (χ1n) is 5.43. The van der Waals surface area contributed by atoms with Crippen molar-refractivity contribution in [2.75, 3.05) is 0 Å². The van der Waals surface area contributed by atoms with Crippen LogP contribution in [-0.4, -0.2) is 32.0 Å². The number of nitrogens with zero attached hydrogens (tertiary/aromatic N) is 3. The van der Waals surface area contributed by atoms with Crippen molar-refractivity contribution in [1.29, 1.82) is 0 Å². The molecule has 0 bridgehead atoms. The average molecular weight is 248 g/mol. The largest absolute Gasteiger partial charge is 0.478 e. The third-order valence-electron chi connectivity index (χ3n) is 2.55. The molecule has 7 nitrogen and oxygen atoms in total. The van der Waals surface area contributed by atoms with Crippen LogP contribution in [0.4, 0.5) is 0 Å². The third kappa shape index (κ3) is 2.45. The summed E-state index contributed by atoms with van der Waals surface area (Å²) >= 11 is 0. The highest BCUT2D eigenvalue weighted by molar-refractivity contribution is 5.92. The van der Waals surface area contributed by atoms with Crippen LogP contribution in [0.3, 0.4) is 0 Å². The number of benzene rings is 1. The summed E-state index contributed by atoms with van der Waals surface area (Å²) in [6.07, 6.45) is 0.811. The Morgan fingerprint density at radius 3 is 2.83 bits per heavy atom. The van der Waals surface area contributed by atoms with Crippen LogP contribution in [-0.2, 0) is 11.3 Å². The monoisotopic (exact) mass is 248 g/mol. The molecule has 0 aliphatic heterocycles. The summed E-state index contributed by atoms with van der Waals surface area (Å²) in [5, 5.41) is 16.7. The van der Waals surface area contributed by atoms with Crippen LogP contribution < -0.4 is 5.73 Å². The molecule has 3 N–H and O–H groups in total. The molecule has 1 heterocycles. The van der Waals surface area contributed by atoms with Crippen molar-refractivity contribution in [3.63, 3.8) is 0 Å². The summed E-state index contributed by atoms with van der Waals surface area (Å²) in [5.41, 5.74) is 6.49. The molecule has 7 heteroatoms. The first-order chi connectivity index (χ1) is 8.58. The number of carbonyl (C=O) groups excluding carboxylic acids is 1. The van der Waals surface area contributed by atoms with Crippen LogP contribution in [0.2, 0.25) is 0 Å². The minimum atomic E-state index is -0.998. The van der Waals surface area contributed by atoms with Crippen LogP contribution in [0.1, 0.15) is 23.2 Å². The topological polar surface area (TPSA) is 111 Å². The molecule has 94 valence electrons. The van der Waals surface area contributed by atoms with E-state index >= 15 is 0 Å². The molecule has 0 spiro atoms. The van der Waals surface area contributed by atoms with Gasteiger partial charge < -0.3 is 10.8 Å². The van der Waals surface area contributed by atoms with Gasteiger partial charge in [-0.05, 0) is 24.6 Å². The lowest BCUT2D eigenvalue weighted by Gasteiger charge is -2.01. The Balaban J connectivity index is 2.25. The van der Waals surface area contributed by atoms with E-state index in [1.165, 1.54) is 12.1 Å². The second kappa shape index (κ2) is 4.82. The van der Waals surface area contributed by atoms with Gasteiger partial charge in [0.15, 0.2) is 0 Å². The number of hydrogen-bond donors (Lipinski definition) is 2. The van der Waals surface area contributed by atoms with E-state index in [0.29, 0.717) is 24.0 Å². The normalized spacial score (nSPS) is 10.7. The number of carboxylic acid groups (broad SMARTS) is 1. The predicted octanol–water partition coefficient (Wildman–Crippen LogP) is 0.395. The van der Waals surface area contributed by atoms with Crippen molar-refractivity contribution in [2.45, 2.75) is 19.4 Å². The van der Waals surface area contributed by atoms with E-state index in [2.05, 4.69) is 10.3 Å². The maximum Gasteiger partial charge on any atom is 0.335 e. The molecule has 0 saturated carbocycles. The molecule has 0 unspecified atom stereocenters. The molecule has 2 rings (SSSR count). The number of carboxylic acids is 1. The maximum absolute atomic E-state index is 10.9. The summed E-state index contributed by atoms with van der Waals surface area (Å²) in [6, 6.07) is 4.60. The second-order valence-corrected chi connectivity index (χ2v) is 3.89. The van der Waals surface area contributed by atoms with Crippen molar-refractivity contribution < 1.29 is 14.7 Å². The zero-order valence-corrected chi connectivity index (χ0v) is 9.54. The fourth-order valence-electron chi connectivity index (χ4n) is 1.67. The Hall–Kier alpha value is -2.44. The SMILES string of the molecule is NC(=O)CCCn1nnc2ccc(C(=O)O)cc21. The maximum atomic E-state index is 10.9. The molecule has 18 heavy (non-hydrogen) atoms. The van der Waals surface area contributed by atoms with Crippen LogP contribution in [0, 0.1) is 0 Å². The minimum Gasteiger partial charge on any atom is -0.478 e. The van der Waals surface area contributed by atoms with Gasteiger partial charge in [-0.3, -0.25) is 4.79 Å². The van der Waals surface area contributed by atoms with E-state index in [1.54, 1.807) is 10.7 Å². The number of aryl methyl sites for hydroxylation is 1. The molecular formula is C11H12N4O3. The summed E-state index contributed by atoms with van der Waals surface area (Å²) in [4.78, 5) is 21.5. The van der Waals surface area contributed by atoms with Crippen LogP contribution in [0.15, 0.2) is 18.2 Å². The predicted molar refractivity (Wildman–Crippen MR) is 62.9 cm³/mol. The summed E-state index contributed by atoms with van der Waals surface area (Å²) in [6.45, 7) is 0.475. The van der Waals surface area contributed by atoms with E-state index in [9.17, 15) is 9.59 Å². The number of aromatic nitrogens is 3. The molecule has 0 radical (unpaired) electrons. The standard InChI is InChI=1S/C11H12N4O3/c12-10(16)2-1-5-15-9-6-7(11(17)18)3-4-8(9)13-14-15/h3-4,6H,1-2,5H2,(H2,12,16)(H,17,18). The minimum absolute atomic E-state index is 0.181. The van der Waals surface area contributed by atoms with Crippen LogP contribution in [0.5, 0.6) is 0 Å². The molecule has 2 aromatic rings. The number of carbonyl (C=O) groups is 2. The number of aromatic carboxylic acids is 1. The van der Waals surface area contributed by atoms with Gasteiger partial charge in [-0.25, -0.2) is 9.48 Å². The zero-order valence-electron chi connectivity index (χ0n) is 9.54. The van der Waals surface area contributed by atoms with Gasteiger partial charge in [0, 0.05) is 13.0 Å². The Kier molecular flexibility index (Phi) is 3.22. The van der Waals surface area contributed by atoms with Crippen LogP contribution >= 0.6 is 0 Å². The number of primary amides is 1. The number of nitrogens with two attached hydrogens (primary N) is 1. The second-order valence-electron chi connectivity index (χ2n) is 3.89. The highest BCUT2D eigenvalue weighted by atomic mass is 16.4.